The SMILES string of the molecule is CO/N=C(\C(=O)N[C@@H]1C(=O)N2C(C(=O)O)=C(COC(C)=O)CS[C@H]12)c1nsc(N)n1. The number of ether oxygens (including phenoxy) is 1. The lowest BCUT2D eigenvalue weighted by molar-refractivity contribution is -0.150. The van der Waals surface area contributed by atoms with Gasteiger partial charge in [-0.25, -0.2) is 4.79 Å². The normalized spacial score (nSPS) is 20.9. The molecule has 1 fully saturated rings. The molecule has 15 heteroatoms. The van der Waals surface area contributed by atoms with Crippen LogP contribution in [-0.2, 0) is 28.8 Å². The number of aromatic nitrogens is 2. The number of carbonyl (C=O) groups is 4. The molecule has 3 heterocycles. The smallest absolute Gasteiger partial charge is 0.352 e. The van der Waals surface area contributed by atoms with Crippen LogP contribution in [0.2, 0.25) is 0 Å². The molecule has 30 heavy (non-hydrogen) atoms. The first-order valence-electron chi connectivity index (χ1n) is 8.29. The Bertz CT molecular complexity index is 974. The van der Waals surface area contributed by atoms with Crippen molar-refractivity contribution in [2.24, 2.45) is 5.16 Å². The van der Waals surface area contributed by atoms with Crippen LogP contribution in [0.4, 0.5) is 5.13 Å². The highest BCUT2D eigenvalue weighted by Crippen LogP contribution is 2.40. The zero-order valence-electron chi connectivity index (χ0n) is 15.6. The van der Waals surface area contributed by atoms with Gasteiger partial charge in [0.05, 0.1) is 0 Å². The van der Waals surface area contributed by atoms with Gasteiger partial charge < -0.3 is 25.7 Å². The zero-order valence-corrected chi connectivity index (χ0v) is 17.3. The molecule has 4 N–H and O–H groups in total. The van der Waals surface area contributed by atoms with Crippen LogP contribution in [0.1, 0.15) is 12.7 Å². The lowest BCUT2D eigenvalue weighted by atomic mass is 10.0. The van der Waals surface area contributed by atoms with E-state index in [1.807, 2.05) is 0 Å². The first-order chi connectivity index (χ1) is 14.2. The molecule has 0 aliphatic carbocycles. The number of fused-ring (bicyclic) bond motifs is 1. The number of hydrogen-bond acceptors (Lipinski definition) is 12. The number of oxime groups is 1. The van der Waals surface area contributed by atoms with Crippen molar-refractivity contribution in [3.63, 3.8) is 0 Å². The maximum absolute atomic E-state index is 12.6. The number of aliphatic carboxylic acids is 1. The summed E-state index contributed by atoms with van der Waals surface area (Å²) in [5.41, 5.74) is 5.28. The molecule has 1 aromatic heterocycles. The summed E-state index contributed by atoms with van der Waals surface area (Å²) in [5.74, 6) is -3.16. The molecule has 2 aliphatic heterocycles. The molecular formula is C15H16N6O7S2. The Kier molecular flexibility index (Phi) is 6.21. The third-order valence-corrected chi connectivity index (χ3v) is 5.92. The number of esters is 1. The van der Waals surface area contributed by atoms with Crippen LogP contribution in [0.25, 0.3) is 0 Å². The minimum absolute atomic E-state index is 0.0634. The van der Waals surface area contributed by atoms with Gasteiger partial charge in [-0.3, -0.25) is 19.3 Å². The lowest BCUT2D eigenvalue weighted by Crippen LogP contribution is -2.71. The summed E-state index contributed by atoms with van der Waals surface area (Å²) in [6.07, 6.45) is 0. The summed E-state index contributed by atoms with van der Waals surface area (Å²) < 4.78 is 8.77. The van der Waals surface area contributed by atoms with Gasteiger partial charge in [0.1, 0.15) is 30.8 Å². The van der Waals surface area contributed by atoms with E-state index in [1.165, 1.54) is 25.8 Å². The number of nitrogens with one attached hydrogen (secondary N) is 1. The van der Waals surface area contributed by atoms with Gasteiger partial charge >= 0.3 is 11.9 Å². The number of thioether (sulfide) groups is 1. The summed E-state index contributed by atoms with van der Waals surface area (Å²) in [7, 11) is 1.23. The molecular weight excluding hydrogens is 440 g/mol. The van der Waals surface area contributed by atoms with Crippen LogP contribution in [0.3, 0.4) is 0 Å². The maximum Gasteiger partial charge on any atom is 0.352 e. The third-order valence-electron chi connectivity index (χ3n) is 4.04. The number of carboxylic acid groups (broad SMARTS) is 1. The highest BCUT2D eigenvalue weighted by molar-refractivity contribution is 8.00. The van der Waals surface area contributed by atoms with E-state index in [1.54, 1.807) is 0 Å². The average molecular weight is 456 g/mol. The van der Waals surface area contributed by atoms with Crippen molar-refractivity contribution in [3.8, 4) is 0 Å². The standard InChI is InChI=1S/C15H16N6O7S2/c1-5(22)28-3-6-4-29-13-8(12(24)21(13)9(6)14(25)26)17-11(23)7(19-27-2)10-18-15(16)30-20-10/h8,13H,3-4H2,1-2H3,(H,17,23)(H,25,26)(H2,16,18,20)/b19-7-/t8-,13-/m1/s1. The summed E-state index contributed by atoms with van der Waals surface area (Å²) in [6.45, 7) is 0.961. The number of rotatable bonds is 7. The van der Waals surface area contributed by atoms with Gasteiger partial charge in [0, 0.05) is 29.8 Å². The molecule has 0 aromatic carbocycles. The second-order valence-corrected chi connectivity index (χ2v) is 7.87. The Morgan fingerprint density at radius 2 is 2.17 bits per heavy atom. The van der Waals surface area contributed by atoms with Gasteiger partial charge in [-0.2, -0.15) is 9.36 Å². The van der Waals surface area contributed by atoms with E-state index in [-0.39, 0.29) is 34.7 Å². The summed E-state index contributed by atoms with van der Waals surface area (Å²) in [6, 6.07) is -0.995. The van der Waals surface area contributed by atoms with Crippen molar-refractivity contribution in [2.75, 3.05) is 25.2 Å². The predicted molar refractivity (Wildman–Crippen MR) is 104 cm³/mol. The number of amides is 2. The van der Waals surface area contributed by atoms with Crippen molar-refractivity contribution in [3.05, 3.63) is 17.1 Å². The topological polar surface area (TPSA) is 186 Å². The highest BCUT2D eigenvalue weighted by Gasteiger charge is 2.54. The van der Waals surface area contributed by atoms with Crippen LogP contribution in [-0.4, -0.2) is 79.7 Å². The number of β-lactam (4-membered cyclic amide) rings is 1. The molecule has 160 valence electrons. The summed E-state index contributed by atoms with van der Waals surface area (Å²) in [4.78, 5) is 57.6. The fraction of sp³-hybridized carbons (Fsp3) is 0.400. The van der Waals surface area contributed by atoms with Crippen molar-refractivity contribution < 1.29 is 33.9 Å². The largest absolute Gasteiger partial charge is 0.477 e. The Morgan fingerprint density at radius 1 is 1.43 bits per heavy atom. The molecule has 0 radical (unpaired) electrons. The molecule has 0 saturated carbocycles. The van der Waals surface area contributed by atoms with E-state index in [4.69, 9.17) is 10.5 Å². The first-order valence-corrected chi connectivity index (χ1v) is 10.1. The van der Waals surface area contributed by atoms with Crippen LogP contribution >= 0.6 is 23.3 Å². The third kappa shape index (κ3) is 4.06. The van der Waals surface area contributed by atoms with Crippen molar-refractivity contribution in [1.82, 2.24) is 19.6 Å². The molecule has 0 unspecified atom stereocenters. The number of carboxylic acids is 1. The van der Waals surface area contributed by atoms with Gasteiger partial charge in [-0.1, -0.05) is 5.16 Å². The second-order valence-electron chi connectivity index (χ2n) is 5.98. The average Bonchev–Trinajstić information content (AvgIpc) is 3.13. The van der Waals surface area contributed by atoms with Crippen LogP contribution in [0.15, 0.2) is 16.4 Å². The minimum atomic E-state index is -1.33. The zero-order chi connectivity index (χ0) is 22.0. The number of nitrogens with two attached hydrogens (primary N) is 1. The fourth-order valence-electron chi connectivity index (χ4n) is 2.80. The maximum atomic E-state index is 12.6. The van der Waals surface area contributed by atoms with Crippen molar-refractivity contribution in [2.45, 2.75) is 18.3 Å². The summed E-state index contributed by atoms with van der Waals surface area (Å²) in [5, 5.41) is 15.1. The van der Waals surface area contributed by atoms with E-state index < -0.39 is 35.2 Å². The van der Waals surface area contributed by atoms with Crippen molar-refractivity contribution >= 4 is 57.9 Å². The molecule has 0 bridgehead atoms. The van der Waals surface area contributed by atoms with Gasteiger partial charge in [0.2, 0.25) is 11.5 Å². The van der Waals surface area contributed by atoms with Gasteiger partial charge in [0.25, 0.3) is 11.8 Å². The molecule has 2 atom stereocenters. The van der Waals surface area contributed by atoms with Crippen LogP contribution < -0.4 is 11.1 Å². The minimum Gasteiger partial charge on any atom is -0.477 e. The number of anilines is 1. The van der Waals surface area contributed by atoms with Gasteiger partial charge in [-0.05, 0) is 0 Å². The molecule has 1 saturated heterocycles. The molecule has 13 nitrogen and oxygen atoms in total. The number of hydrogen-bond donors (Lipinski definition) is 3. The number of nitrogen functional groups attached to an aromatic ring is 1. The predicted octanol–water partition coefficient (Wildman–Crippen LogP) is -1.23. The van der Waals surface area contributed by atoms with Crippen LogP contribution in [0, 0.1) is 0 Å². The Balaban J connectivity index is 1.77. The molecule has 0 spiro atoms. The monoisotopic (exact) mass is 456 g/mol. The lowest BCUT2D eigenvalue weighted by Gasteiger charge is -2.49. The van der Waals surface area contributed by atoms with Gasteiger partial charge in [-0.15, -0.1) is 11.8 Å². The summed E-state index contributed by atoms with van der Waals surface area (Å²) >= 11 is 2.09. The quantitative estimate of drug-likeness (QED) is 0.193. The van der Waals surface area contributed by atoms with E-state index in [0.717, 1.165) is 16.4 Å². The molecule has 1 aromatic rings. The Morgan fingerprint density at radius 3 is 2.73 bits per heavy atom. The molecule has 3 rings (SSSR count). The fourth-order valence-corrected chi connectivity index (χ4v) is 4.56. The van der Waals surface area contributed by atoms with Crippen molar-refractivity contribution in [1.29, 1.82) is 0 Å². The van der Waals surface area contributed by atoms with E-state index >= 15 is 0 Å². The molecule has 2 aliphatic rings. The molecule has 2 amide bonds. The van der Waals surface area contributed by atoms with Gasteiger partial charge in [0.15, 0.2) is 5.13 Å². The van der Waals surface area contributed by atoms with E-state index in [9.17, 15) is 24.3 Å². The number of carbonyl (C=O) groups excluding carboxylic acids is 3. The van der Waals surface area contributed by atoms with E-state index in [0.29, 0.717) is 5.57 Å². The first kappa shape index (κ1) is 21.5. The Labute approximate surface area is 177 Å². The highest BCUT2D eigenvalue weighted by atomic mass is 32.2. The Hall–Kier alpha value is -3.20. The van der Waals surface area contributed by atoms with Crippen LogP contribution in [0.5, 0.6) is 0 Å². The van der Waals surface area contributed by atoms with E-state index in [2.05, 4.69) is 24.7 Å². The second kappa shape index (κ2) is 8.66. The number of nitrogens with zero attached hydrogens (tertiary/aromatic N) is 4.